The van der Waals surface area contributed by atoms with Crippen molar-refractivity contribution in [2.75, 3.05) is 18.5 Å². The average Bonchev–Trinajstić information content (AvgIpc) is 3.06. The molecule has 0 aliphatic heterocycles. The quantitative estimate of drug-likeness (QED) is 0.841. The van der Waals surface area contributed by atoms with Crippen molar-refractivity contribution in [3.63, 3.8) is 0 Å². The predicted octanol–water partition coefficient (Wildman–Crippen LogP) is 3.48. The minimum absolute atomic E-state index is 0.108. The molecule has 1 heterocycles. The van der Waals surface area contributed by atoms with Gasteiger partial charge >= 0.3 is 0 Å². The molecule has 0 fully saturated rings. The summed E-state index contributed by atoms with van der Waals surface area (Å²) in [4.78, 5) is 2.03. The summed E-state index contributed by atoms with van der Waals surface area (Å²) in [6.07, 6.45) is 3.33. The second-order valence-electron chi connectivity index (χ2n) is 5.98. The van der Waals surface area contributed by atoms with E-state index in [0.29, 0.717) is 6.54 Å². The van der Waals surface area contributed by atoms with Crippen LogP contribution in [0.5, 0.6) is 0 Å². The lowest BCUT2D eigenvalue weighted by atomic mass is 10.0. The van der Waals surface area contributed by atoms with Crippen LogP contribution in [0.25, 0.3) is 0 Å². The highest BCUT2D eigenvalue weighted by Crippen LogP contribution is 2.25. The molecule has 0 aliphatic carbocycles. The predicted molar refractivity (Wildman–Crippen MR) is 93.7 cm³/mol. The van der Waals surface area contributed by atoms with Gasteiger partial charge in [0.05, 0.1) is 17.2 Å². The van der Waals surface area contributed by atoms with Crippen molar-refractivity contribution in [2.45, 2.75) is 31.9 Å². The van der Waals surface area contributed by atoms with Crippen molar-refractivity contribution in [3.8, 4) is 0 Å². The molecule has 5 nitrogen and oxygen atoms in total. The second-order valence-corrected chi connectivity index (χ2v) is 8.30. The van der Waals surface area contributed by atoms with Crippen molar-refractivity contribution in [2.24, 2.45) is 0 Å². The van der Waals surface area contributed by atoms with Crippen LogP contribution in [0.4, 0.5) is 11.4 Å². The molecule has 0 bridgehead atoms. The van der Waals surface area contributed by atoms with Crippen LogP contribution < -0.4 is 9.62 Å². The average molecular weight is 336 g/mol. The maximum absolute atomic E-state index is 11.8. The number of anilines is 2. The lowest BCUT2D eigenvalue weighted by Gasteiger charge is -2.19. The van der Waals surface area contributed by atoms with Gasteiger partial charge in [0.15, 0.2) is 0 Å². The number of hydrogen-bond donors (Lipinski definition) is 1. The summed E-state index contributed by atoms with van der Waals surface area (Å²) in [7, 11) is -1.25. The van der Waals surface area contributed by atoms with Crippen LogP contribution >= 0.6 is 0 Å². The third kappa shape index (κ3) is 4.36. The summed E-state index contributed by atoms with van der Waals surface area (Å²) in [6, 6.07) is 10.0. The smallest absolute Gasteiger partial charge is 0.213 e. The third-order valence-corrected chi connectivity index (χ3v) is 5.76. The molecule has 0 spiro atoms. The molecule has 0 saturated carbocycles. The van der Waals surface area contributed by atoms with Crippen LogP contribution in [0.1, 0.15) is 32.3 Å². The Morgan fingerprint density at radius 3 is 2.26 bits per heavy atom. The number of nitrogens with one attached hydrogen (secondary N) is 1. The third-order valence-electron chi connectivity index (χ3n) is 3.95. The van der Waals surface area contributed by atoms with Crippen LogP contribution in [0.3, 0.4) is 0 Å². The maximum atomic E-state index is 11.8. The molecule has 1 aromatic heterocycles. The molecule has 6 heteroatoms. The molecule has 2 rings (SSSR count). The largest absolute Gasteiger partial charge is 0.470 e. The van der Waals surface area contributed by atoms with Crippen LogP contribution in [-0.2, 0) is 10.0 Å². The highest BCUT2D eigenvalue weighted by atomic mass is 32.2. The molecular weight excluding hydrogens is 312 g/mol. The molecule has 1 unspecified atom stereocenters. The zero-order chi connectivity index (χ0) is 17.0. The molecule has 2 aromatic rings. The summed E-state index contributed by atoms with van der Waals surface area (Å²) in [5.41, 5.74) is 3.13. The van der Waals surface area contributed by atoms with Crippen molar-refractivity contribution in [1.29, 1.82) is 0 Å². The lowest BCUT2D eigenvalue weighted by molar-refractivity contribution is 0.566. The van der Waals surface area contributed by atoms with Gasteiger partial charge in [0.25, 0.3) is 0 Å². The maximum Gasteiger partial charge on any atom is 0.213 e. The molecule has 1 atom stereocenters. The molecule has 1 aromatic carbocycles. The summed E-state index contributed by atoms with van der Waals surface area (Å²) >= 11 is 0. The summed E-state index contributed by atoms with van der Waals surface area (Å²) in [5.74, 6) is 0.108. The van der Waals surface area contributed by atoms with E-state index >= 15 is 0 Å². The first-order valence-corrected chi connectivity index (χ1v) is 9.20. The van der Waals surface area contributed by atoms with Gasteiger partial charge in [0.2, 0.25) is 10.0 Å². The molecule has 0 radical (unpaired) electrons. The summed E-state index contributed by atoms with van der Waals surface area (Å²) in [6.45, 7) is 5.76. The van der Waals surface area contributed by atoms with Crippen molar-refractivity contribution < 1.29 is 12.8 Å². The Morgan fingerprint density at radius 1 is 1.09 bits per heavy atom. The van der Waals surface area contributed by atoms with Gasteiger partial charge in [-0.2, -0.15) is 0 Å². The monoisotopic (exact) mass is 336 g/mol. The lowest BCUT2D eigenvalue weighted by Crippen LogP contribution is -2.33. The van der Waals surface area contributed by atoms with Crippen molar-refractivity contribution in [1.82, 2.24) is 4.72 Å². The van der Waals surface area contributed by atoms with E-state index in [2.05, 4.69) is 4.72 Å². The zero-order valence-electron chi connectivity index (χ0n) is 14.0. The van der Waals surface area contributed by atoms with Gasteiger partial charge in [-0.1, -0.05) is 19.1 Å². The van der Waals surface area contributed by atoms with Crippen LogP contribution in [0.15, 0.2) is 47.3 Å². The fourth-order valence-electron chi connectivity index (χ4n) is 2.15. The van der Waals surface area contributed by atoms with E-state index in [-0.39, 0.29) is 5.92 Å². The number of furan rings is 1. The molecule has 0 amide bonds. The van der Waals surface area contributed by atoms with Crippen molar-refractivity contribution in [3.05, 3.63) is 48.4 Å². The Hall–Kier alpha value is -1.79. The van der Waals surface area contributed by atoms with Crippen LogP contribution in [-0.4, -0.2) is 27.3 Å². The van der Waals surface area contributed by atoms with E-state index < -0.39 is 15.3 Å². The zero-order valence-corrected chi connectivity index (χ0v) is 14.8. The number of sulfonamides is 1. The van der Waals surface area contributed by atoms with Gasteiger partial charge in [-0.3, -0.25) is 0 Å². The standard InChI is InChI=1S/C17H24N2O3S/c1-13(2)23(20,21)18-11-14(3)15-5-7-16(8-6-15)19(4)17-9-10-22-12-17/h5-10,12-14,18H,11H2,1-4H3. The van der Waals surface area contributed by atoms with Gasteiger partial charge < -0.3 is 9.32 Å². The minimum atomic E-state index is -3.22. The topological polar surface area (TPSA) is 62.6 Å². The number of nitrogens with zero attached hydrogens (tertiary/aromatic N) is 1. The summed E-state index contributed by atoms with van der Waals surface area (Å²) in [5, 5.41) is -0.416. The molecule has 1 N–H and O–H groups in total. The highest BCUT2D eigenvalue weighted by molar-refractivity contribution is 7.90. The Bertz CT molecular complexity index is 707. The summed E-state index contributed by atoms with van der Waals surface area (Å²) < 4.78 is 31.4. The molecule has 0 aliphatic rings. The van der Waals surface area contributed by atoms with E-state index in [1.165, 1.54) is 0 Å². The molecule has 0 saturated heterocycles. The van der Waals surface area contributed by atoms with Gasteiger partial charge in [0, 0.05) is 25.3 Å². The SMILES string of the molecule is CC(CNS(=O)(=O)C(C)C)c1ccc(N(C)c2ccoc2)cc1. The first-order valence-electron chi connectivity index (χ1n) is 7.65. The molecule has 23 heavy (non-hydrogen) atoms. The first-order chi connectivity index (χ1) is 10.8. The van der Waals surface area contributed by atoms with Crippen molar-refractivity contribution >= 4 is 21.4 Å². The number of benzene rings is 1. The Kier molecular flexibility index (Phi) is 5.49. The number of rotatable bonds is 7. The van der Waals surface area contributed by atoms with E-state index in [1.54, 1.807) is 26.4 Å². The minimum Gasteiger partial charge on any atom is -0.470 e. The molecule has 126 valence electrons. The van der Waals surface area contributed by atoms with E-state index in [4.69, 9.17) is 4.42 Å². The van der Waals surface area contributed by atoms with Gasteiger partial charge in [-0.15, -0.1) is 0 Å². The molecular formula is C17H24N2O3S. The Labute approximate surface area is 138 Å². The van der Waals surface area contributed by atoms with Crippen LogP contribution in [0.2, 0.25) is 0 Å². The number of hydrogen-bond acceptors (Lipinski definition) is 4. The fraction of sp³-hybridized carbons (Fsp3) is 0.412. The van der Waals surface area contributed by atoms with E-state index in [0.717, 1.165) is 16.9 Å². The van der Waals surface area contributed by atoms with Gasteiger partial charge in [0.1, 0.15) is 6.26 Å². The fourth-order valence-corrected chi connectivity index (χ4v) is 2.96. The normalized spacial score (nSPS) is 13.3. The van der Waals surface area contributed by atoms with Crippen LogP contribution in [0, 0.1) is 0 Å². The van der Waals surface area contributed by atoms with E-state index in [9.17, 15) is 8.42 Å². The highest BCUT2D eigenvalue weighted by Gasteiger charge is 2.17. The Morgan fingerprint density at radius 2 is 1.74 bits per heavy atom. The first kappa shape index (κ1) is 17.6. The second kappa shape index (κ2) is 7.19. The van der Waals surface area contributed by atoms with Gasteiger partial charge in [-0.05, 0) is 37.5 Å². The van der Waals surface area contributed by atoms with Gasteiger partial charge in [-0.25, -0.2) is 13.1 Å². The van der Waals surface area contributed by atoms with E-state index in [1.807, 2.05) is 49.2 Å². The Balaban J connectivity index is 2.02.